The van der Waals surface area contributed by atoms with Gasteiger partial charge in [-0.15, -0.1) is 0 Å². The van der Waals surface area contributed by atoms with E-state index in [2.05, 4.69) is 34.5 Å². The van der Waals surface area contributed by atoms with Crippen molar-refractivity contribution in [1.82, 2.24) is 9.97 Å². The van der Waals surface area contributed by atoms with Gasteiger partial charge >= 0.3 is 0 Å². The summed E-state index contributed by atoms with van der Waals surface area (Å²) in [7, 11) is 0. The molecule has 1 N–H and O–H groups in total. The average Bonchev–Trinajstić information content (AvgIpc) is 2.68. The summed E-state index contributed by atoms with van der Waals surface area (Å²) in [6.45, 7) is 6.99. The molecule has 3 aromatic rings. The number of benzene rings is 2. The van der Waals surface area contributed by atoms with Crippen LogP contribution in [-0.4, -0.2) is 22.6 Å². The van der Waals surface area contributed by atoms with Crippen LogP contribution in [0.3, 0.4) is 0 Å². The summed E-state index contributed by atoms with van der Waals surface area (Å²) in [6.07, 6.45) is 2.38. The molecule has 0 aliphatic carbocycles. The van der Waals surface area contributed by atoms with Gasteiger partial charge in [0.2, 0.25) is 5.95 Å². The fourth-order valence-electron chi connectivity index (χ4n) is 3.52. The van der Waals surface area contributed by atoms with Crippen LogP contribution in [0.2, 0.25) is 0 Å². The van der Waals surface area contributed by atoms with E-state index in [1.54, 1.807) is 0 Å². The molecule has 0 radical (unpaired) electrons. The van der Waals surface area contributed by atoms with Gasteiger partial charge in [0.25, 0.3) is 0 Å². The number of nitrogens with one attached hydrogen (secondary N) is 1. The zero-order valence-electron chi connectivity index (χ0n) is 16.6. The lowest BCUT2D eigenvalue weighted by Crippen LogP contribution is -2.26. The first-order chi connectivity index (χ1) is 13.6. The Balaban J connectivity index is 1.58. The maximum Gasteiger partial charge on any atom is 0.232 e. The topological polar surface area (TPSA) is 50.3 Å². The molecule has 0 bridgehead atoms. The van der Waals surface area contributed by atoms with Crippen molar-refractivity contribution >= 4 is 23.1 Å². The van der Waals surface area contributed by atoms with Crippen LogP contribution in [0.4, 0.5) is 23.1 Å². The molecular weight excluding hydrogens is 348 g/mol. The Morgan fingerprint density at radius 3 is 2.61 bits per heavy atom. The van der Waals surface area contributed by atoms with E-state index in [1.807, 2.05) is 51.1 Å². The highest BCUT2D eigenvalue weighted by atomic mass is 16.5. The third kappa shape index (κ3) is 4.09. The fraction of sp³-hybridized carbons (Fsp3) is 0.304. The van der Waals surface area contributed by atoms with Gasteiger partial charge in [0.15, 0.2) is 0 Å². The molecule has 2 heterocycles. The Morgan fingerprint density at radius 2 is 1.82 bits per heavy atom. The van der Waals surface area contributed by atoms with Crippen molar-refractivity contribution in [3.8, 4) is 5.75 Å². The minimum Gasteiger partial charge on any atom is -0.491 e. The number of ether oxygens (including phenoxy) is 1. The number of hydrogen-bond donors (Lipinski definition) is 1. The number of hydrogen-bond acceptors (Lipinski definition) is 5. The molecule has 0 amide bonds. The van der Waals surface area contributed by atoms with Gasteiger partial charge in [0.05, 0.1) is 6.10 Å². The summed E-state index contributed by atoms with van der Waals surface area (Å²) in [6, 6.07) is 18.4. The van der Waals surface area contributed by atoms with E-state index >= 15 is 0 Å². The van der Waals surface area contributed by atoms with E-state index < -0.39 is 0 Å². The van der Waals surface area contributed by atoms with Crippen molar-refractivity contribution in [3.63, 3.8) is 0 Å². The van der Waals surface area contributed by atoms with E-state index in [9.17, 15) is 0 Å². The Labute approximate surface area is 166 Å². The number of rotatable bonds is 5. The van der Waals surface area contributed by atoms with Gasteiger partial charge in [0.1, 0.15) is 11.6 Å². The monoisotopic (exact) mass is 374 g/mol. The van der Waals surface area contributed by atoms with Gasteiger partial charge in [-0.25, -0.2) is 4.98 Å². The fourth-order valence-corrected chi connectivity index (χ4v) is 3.52. The molecule has 144 valence electrons. The van der Waals surface area contributed by atoms with Gasteiger partial charge in [-0.2, -0.15) is 4.98 Å². The second kappa shape index (κ2) is 7.89. The molecule has 1 aliphatic rings. The number of aromatic nitrogens is 2. The summed E-state index contributed by atoms with van der Waals surface area (Å²) in [5.74, 6) is 2.41. The smallest absolute Gasteiger partial charge is 0.232 e. The third-order valence-corrected chi connectivity index (χ3v) is 4.69. The summed E-state index contributed by atoms with van der Waals surface area (Å²) < 4.78 is 5.71. The highest BCUT2D eigenvalue weighted by Gasteiger charge is 2.20. The Morgan fingerprint density at radius 1 is 1.04 bits per heavy atom. The van der Waals surface area contributed by atoms with Crippen LogP contribution in [0.15, 0.2) is 54.6 Å². The highest BCUT2D eigenvalue weighted by molar-refractivity contribution is 5.65. The first kappa shape index (κ1) is 18.3. The van der Waals surface area contributed by atoms with E-state index in [1.165, 1.54) is 11.3 Å². The molecule has 2 aromatic carbocycles. The van der Waals surface area contributed by atoms with Crippen LogP contribution in [0.25, 0.3) is 0 Å². The van der Waals surface area contributed by atoms with E-state index in [0.717, 1.165) is 48.3 Å². The summed E-state index contributed by atoms with van der Waals surface area (Å²) in [5, 5.41) is 3.40. The van der Waals surface area contributed by atoms with E-state index in [4.69, 9.17) is 14.7 Å². The number of fused-ring (bicyclic) bond motifs is 1. The van der Waals surface area contributed by atoms with Gasteiger partial charge in [0, 0.05) is 29.7 Å². The van der Waals surface area contributed by atoms with Gasteiger partial charge in [-0.05, 0) is 69.5 Å². The molecule has 5 heteroatoms. The van der Waals surface area contributed by atoms with Crippen molar-refractivity contribution in [3.05, 3.63) is 65.9 Å². The SMILES string of the molecule is Cc1cc(Nc2ccc(OC(C)C)cc2)nc(N2CCCc3ccccc32)n1. The van der Waals surface area contributed by atoms with Crippen molar-refractivity contribution in [1.29, 1.82) is 0 Å². The lowest BCUT2D eigenvalue weighted by molar-refractivity contribution is 0.242. The van der Waals surface area contributed by atoms with E-state index in [0.29, 0.717) is 0 Å². The molecule has 0 saturated carbocycles. The summed E-state index contributed by atoms with van der Waals surface area (Å²) in [4.78, 5) is 11.7. The minimum absolute atomic E-state index is 0.165. The van der Waals surface area contributed by atoms with Gasteiger partial charge < -0.3 is 15.0 Å². The first-order valence-electron chi connectivity index (χ1n) is 9.83. The van der Waals surface area contributed by atoms with Gasteiger partial charge in [-0.1, -0.05) is 18.2 Å². The quantitative estimate of drug-likeness (QED) is 0.648. The van der Waals surface area contributed by atoms with Crippen LogP contribution in [0, 0.1) is 6.92 Å². The minimum atomic E-state index is 0.165. The van der Waals surface area contributed by atoms with Crippen molar-refractivity contribution < 1.29 is 4.74 Å². The third-order valence-electron chi connectivity index (χ3n) is 4.69. The van der Waals surface area contributed by atoms with Crippen LogP contribution in [0.1, 0.15) is 31.5 Å². The molecule has 5 nitrogen and oxygen atoms in total. The predicted octanol–water partition coefficient (Wildman–Crippen LogP) is 5.40. The second-order valence-electron chi connectivity index (χ2n) is 7.39. The first-order valence-corrected chi connectivity index (χ1v) is 9.83. The summed E-state index contributed by atoms with van der Waals surface area (Å²) >= 11 is 0. The molecule has 0 saturated heterocycles. The van der Waals surface area contributed by atoms with Crippen molar-refractivity contribution in [2.45, 2.75) is 39.7 Å². The largest absolute Gasteiger partial charge is 0.491 e. The van der Waals surface area contributed by atoms with Gasteiger partial charge in [-0.3, -0.25) is 0 Å². The zero-order valence-corrected chi connectivity index (χ0v) is 16.6. The Kier molecular flexibility index (Phi) is 5.15. The van der Waals surface area contributed by atoms with Crippen LogP contribution in [0.5, 0.6) is 5.75 Å². The molecule has 0 unspecified atom stereocenters. The molecule has 28 heavy (non-hydrogen) atoms. The van der Waals surface area contributed by atoms with Crippen molar-refractivity contribution in [2.24, 2.45) is 0 Å². The van der Waals surface area contributed by atoms with Crippen LogP contribution < -0.4 is 15.0 Å². The zero-order chi connectivity index (χ0) is 19.5. The summed E-state index contributed by atoms with van der Waals surface area (Å²) in [5.41, 5.74) is 4.48. The van der Waals surface area contributed by atoms with Crippen molar-refractivity contribution in [2.75, 3.05) is 16.8 Å². The number of aryl methyl sites for hydroxylation is 2. The Bertz CT molecular complexity index is 953. The number of anilines is 4. The van der Waals surface area contributed by atoms with Crippen LogP contribution >= 0.6 is 0 Å². The molecule has 0 spiro atoms. The normalized spacial score (nSPS) is 13.4. The number of para-hydroxylation sites is 1. The highest BCUT2D eigenvalue weighted by Crippen LogP contribution is 2.32. The number of nitrogens with zero attached hydrogens (tertiary/aromatic N) is 3. The lowest BCUT2D eigenvalue weighted by atomic mass is 10.0. The predicted molar refractivity (Wildman–Crippen MR) is 114 cm³/mol. The molecule has 1 aromatic heterocycles. The van der Waals surface area contributed by atoms with E-state index in [-0.39, 0.29) is 6.10 Å². The average molecular weight is 374 g/mol. The molecular formula is C23H26N4O. The molecule has 4 rings (SSSR count). The molecule has 0 fully saturated rings. The van der Waals surface area contributed by atoms with Crippen LogP contribution in [-0.2, 0) is 6.42 Å². The lowest BCUT2D eigenvalue weighted by Gasteiger charge is -2.29. The maximum atomic E-state index is 5.71. The standard InChI is InChI=1S/C23H26N4O/c1-16(2)28-20-12-10-19(11-13-20)25-22-15-17(3)24-23(26-22)27-14-6-8-18-7-4-5-9-21(18)27/h4-5,7,9-13,15-16H,6,8,14H2,1-3H3,(H,24,25,26). The Hall–Kier alpha value is -3.08. The molecule has 0 atom stereocenters. The second-order valence-corrected chi connectivity index (χ2v) is 7.39. The maximum absolute atomic E-state index is 5.71. The molecule has 1 aliphatic heterocycles.